The Bertz CT molecular complexity index is 2240. The van der Waals surface area contributed by atoms with Crippen LogP contribution in [0.1, 0.15) is 79.8 Å². The summed E-state index contributed by atoms with van der Waals surface area (Å²) >= 11 is 0. The molecule has 1 radical (unpaired) electrons. The number of nitrogens with one attached hydrogen (secondary N) is 2. The molecule has 51 heavy (non-hydrogen) atoms. The highest BCUT2D eigenvalue weighted by Crippen LogP contribution is 2.25. The standard InChI is InChI=1S/C34H36BN10O4.CH5N/c1-5-44-28(15-20(3)40-44)31(48)38-33-36-24-17-22(19-46)9-11-26(24)42(33)13-7-8-14-43-27-12-10-23(30(35)47)18-25(27)37-34(43)39-32(49)29-16-21(4)41-45(29)6-2;1-2/h9-12,15-19,35H,5-8,13-14H2,1-4H3,(H,36,38,48)(H,37,39,49);2H2,1H3. The molecule has 15 nitrogen and oxygen atoms in total. The van der Waals surface area contributed by atoms with Crippen LogP contribution in [0.5, 0.6) is 0 Å². The van der Waals surface area contributed by atoms with Crippen molar-refractivity contribution >= 4 is 65.6 Å². The Morgan fingerprint density at radius 3 is 1.67 bits per heavy atom. The molecule has 2 aromatic carbocycles. The highest BCUT2D eigenvalue weighted by molar-refractivity contribution is 6.62. The third-order valence-corrected chi connectivity index (χ3v) is 8.31. The van der Waals surface area contributed by atoms with E-state index in [1.165, 1.54) is 7.05 Å². The van der Waals surface area contributed by atoms with E-state index < -0.39 is 0 Å². The van der Waals surface area contributed by atoms with Crippen molar-refractivity contribution < 1.29 is 19.2 Å². The first kappa shape index (κ1) is 36.4. The lowest BCUT2D eigenvalue weighted by atomic mass is 9.94. The number of fused-ring (bicyclic) bond motifs is 2. The maximum absolute atomic E-state index is 13.4. The molecule has 0 fully saturated rings. The molecular weight excluding hydrogens is 649 g/mol. The normalized spacial score (nSPS) is 11.0. The quantitative estimate of drug-likeness (QED) is 0.0918. The molecule has 6 aromatic rings. The minimum Gasteiger partial charge on any atom is -0.333 e. The van der Waals surface area contributed by atoms with E-state index in [1.807, 2.05) is 42.9 Å². The Morgan fingerprint density at radius 1 is 0.745 bits per heavy atom. The molecule has 0 unspecified atom stereocenters. The van der Waals surface area contributed by atoms with Gasteiger partial charge in [-0.1, -0.05) is 6.07 Å². The molecule has 0 bridgehead atoms. The van der Waals surface area contributed by atoms with Crippen molar-refractivity contribution in [1.82, 2.24) is 38.7 Å². The van der Waals surface area contributed by atoms with Gasteiger partial charge in [-0.3, -0.25) is 34.4 Å². The monoisotopic (exact) mass is 690 g/mol. The van der Waals surface area contributed by atoms with Gasteiger partial charge in [-0.15, -0.1) is 0 Å². The van der Waals surface area contributed by atoms with Gasteiger partial charge in [-0.2, -0.15) is 10.2 Å². The summed E-state index contributed by atoms with van der Waals surface area (Å²) in [6.07, 6.45) is 2.09. The number of aryl methyl sites for hydroxylation is 6. The van der Waals surface area contributed by atoms with Gasteiger partial charge in [0.1, 0.15) is 23.4 Å². The van der Waals surface area contributed by atoms with Gasteiger partial charge in [0.05, 0.1) is 33.5 Å². The largest absolute Gasteiger partial charge is 0.333 e. The smallest absolute Gasteiger partial charge is 0.276 e. The number of anilines is 2. The second-order valence-corrected chi connectivity index (χ2v) is 11.8. The maximum atomic E-state index is 13.4. The summed E-state index contributed by atoms with van der Waals surface area (Å²) in [5, 5.41) is 14.7. The Kier molecular flexibility index (Phi) is 11.2. The van der Waals surface area contributed by atoms with E-state index >= 15 is 0 Å². The van der Waals surface area contributed by atoms with Crippen LogP contribution < -0.4 is 16.4 Å². The second-order valence-electron chi connectivity index (χ2n) is 11.8. The van der Waals surface area contributed by atoms with Crippen molar-refractivity contribution in [3.05, 3.63) is 82.4 Å². The number of carbonyl (C=O) groups is 4. The van der Waals surface area contributed by atoms with Crippen LogP contribution in [0.2, 0.25) is 0 Å². The number of amides is 2. The third-order valence-electron chi connectivity index (χ3n) is 8.31. The zero-order valence-electron chi connectivity index (χ0n) is 29.4. The van der Waals surface area contributed by atoms with Crippen LogP contribution in [-0.4, -0.2) is 77.3 Å². The molecule has 0 aliphatic carbocycles. The van der Waals surface area contributed by atoms with Gasteiger partial charge in [0.25, 0.3) is 11.8 Å². The number of nitrogens with zero attached hydrogens (tertiary/aromatic N) is 8. The van der Waals surface area contributed by atoms with E-state index in [1.54, 1.807) is 51.8 Å². The van der Waals surface area contributed by atoms with Crippen LogP contribution in [0, 0.1) is 13.8 Å². The summed E-state index contributed by atoms with van der Waals surface area (Å²) < 4.78 is 7.12. The molecule has 0 spiro atoms. The van der Waals surface area contributed by atoms with Crippen LogP contribution in [0.4, 0.5) is 11.9 Å². The second kappa shape index (κ2) is 15.8. The van der Waals surface area contributed by atoms with E-state index in [0.29, 0.717) is 84.5 Å². The minimum absolute atomic E-state index is 0.325. The fraction of sp³-hybridized carbons (Fsp3) is 0.314. The topological polar surface area (TPSA) is 190 Å². The number of rotatable bonds is 13. The van der Waals surface area contributed by atoms with Gasteiger partial charge in [0.15, 0.2) is 7.85 Å². The molecule has 4 N–H and O–H groups in total. The fourth-order valence-electron chi connectivity index (χ4n) is 5.98. The van der Waals surface area contributed by atoms with Crippen molar-refractivity contribution in [2.75, 3.05) is 17.7 Å². The average molecular weight is 691 g/mol. The van der Waals surface area contributed by atoms with E-state index in [4.69, 9.17) is 0 Å². The van der Waals surface area contributed by atoms with Crippen LogP contribution in [-0.2, 0) is 26.2 Å². The maximum Gasteiger partial charge on any atom is 0.276 e. The lowest BCUT2D eigenvalue weighted by Crippen LogP contribution is -2.20. The molecule has 6 rings (SSSR count). The number of hydrogen-bond donors (Lipinski definition) is 3. The SMILES string of the molecule is CN.[BH]C(=O)c1ccc2c(c1)nc(NC(=O)c1cc(C)nn1CC)n2CCCCn1c(NC(=O)c2cc(C)nn2CC)nc2cc(C=O)ccc21. The van der Waals surface area contributed by atoms with Crippen LogP contribution in [0.3, 0.4) is 0 Å². The van der Waals surface area contributed by atoms with Crippen molar-refractivity contribution in [1.29, 1.82) is 0 Å². The van der Waals surface area contributed by atoms with Gasteiger partial charge < -0.3 is 19.7 Å². The molecule has 0 aliphatic rings. The summed E-state index contributed by atoms with van der Waals surface area (Å²) in [7, 11) is 5.01. The number of aromatic nitrogens is 8. The van der Waals surface area contributed by atoms with Crippen molar-refractivity contribution in [3.63, 3.8) is 0 Å². The highest BCUT2D eigenvalue weighted by atomic mass is 16.2. The summed E-state index contributed by atoms with van der Waals surface area (Å²) in [6.45, 7) is 9.56. The van der Waals surface area contributed by atoms with E-state index in [9.17, 15) is 19.2 Å². The first-order valence-electron chi connectivity index (χ1n) is 16.7. The molecule has 2 amide bonds. The summed E-state index contributed by atoms with van der Waals surface area (Å²) in [4.78, 5) is 59.6. The highest BCUT2D eigenvalue weighted by Gasteiger charge is 2.21. The molecule has 16 heteroatoms. The van der Waals surface area contributed by atoms with E-state index in [-0.39, 0.29) is 17.5 Å². The predicted octanol–water partition coefficient (Wildman–Crippen LogP) is 3.85. The Morgan fingerprint density at radius 2 is 1.22 bits per heavy atom. The van der Waals surface area contributed by atoms with Crippen LogP contribution in [0.15, 0.2) is 48.5 Å². The van der Waals surface area contributed by atoms with Crippen LogP contribution >= 0.6 is 0 Å². The number of nitrogens with two attached hydrogens (primary N) is 1. The molecule has 0 saturated heterocycles. The number of imidazole rings is 2. The van der Waals surface area contributed by atoms with Crippen molar-refractivity contribution in [2.24, 2.45) is 5.73 Å². The molecule has 263 valence electrons. The first-order chi connectivity index (χ1) is 24.6. The zero-order valence-corrected chi connectivity index (χ0v) is 29.4. The summed E-state index contributed by atoms with van der Waals surface area (Å²) in [5.41, 5.74) is 10.1. The minimum atomic E-state index is -0.341. The lowest BCUT2D eigenvalue weighted by molar-refractivity contribution is 0.100. The number of benzene rings is 2. The van der Waals surface area contributed by atoms with Gasteiger partial charge in [0.2, 0.25) is 11.9 Å². The number of aldehydes is 1. The summed E-state index contributed by atoms with van der Waals surface area (Å²) in [5.74, 6) is 0.0332. The van der Waals surface area contributed by atoms with Crippen molar-refractivity contribution in [2.45, 2.75) is 66.7 Å². The molecule has 4 heterocycles. The lowest BCUT2D eigenvalue weighted by Gasteiger charge is -2.13. The third kappa shape index (κ3) is 7.65. The molecule has 0 aliphatic heterocycles. The Labute approximate surface area is 295 Å². The fourth-order valence-corrected chi connectivity index (χ4v) is 5.98. The molecule has 0 saturated carbocycles. The molecule has 0 atom stereocenters. The predicted molar refractivity (Wildman–Crippen MR) is 197 cm³/mol. The zero-order chi connectivity index (χ0) is 36.8. The van der Waals surface area contributed by atoms with E-state index in [0.717, 1.165) is 28.7 Å². The number of carbonyl (C=O) groups excluding carboxylic acids is 4. The summed E-state index contributed by atoms with van der Waals surface area (Å²) in [6, 6.07) is 13.9. The van der Waals surface area contributed by atoms with Gasteiger partial charge in [0, 0.05) is 37.3 Å². The average Bonchev–Trinajstić information content (AvgIpc) is 3.89. The Hall–Kier alpha value is -5.90. The number of hydrogen-bond acceptors (Lipinski definition) is 9. The van der Waals surface area contributed by atoms with E-state index in [2.05, 4.69) is 44.4 Å². The van der Waals surface area contributed by atoms with Crippen molar-refractivity contribution in [3.8, 4) is 0 Å². The van der Waals surface area contributed by atoms with Gasteiger partial charge >= 0.3 is 0 Å². The molecule has 4 aromatic heterocycles. The molecular formula is C35H41BN11O4. The van der Waals surface area contributed by atoms with Gasteiger partial charge in [-0.25, -0.2) is 9.97 Å². The van der Waals surface area contributed by atoms with Crippen LogP contribution in [0.25, 0.3) is 22.1 Å². The number of unbranched alkanes of at least 4 members (excludes halogenated alkanes) is 1. The Balaban J connectivity index is 0.00000248. The first-order valence-corrected chi connectivity index (χ1v) is 16.7. The van der Waals surface area contributed by atoms with Gasteiger partial charge in [-0.05, 0) is 90.0 Å².